The molecule has 3 aromatic rings. The first-order valence-corrected chi connectivity index (χ1v) is 6.69. The molecule has 0 aliphatic rings. The first-order chi connectivity index (χ1) is 8.74. The number of aromatic amines is 1. The minimum atomic E-state index is 0.627. The molecule has 0 aliphatic heterocycles. The number of nitrogens with one attached hydrogen (secondary N) is 1. The first-order valence-electron chi connectivity index (χ1n) is 5.40. The van der Waals surface area contributed by atoms with E-state index in [0.717, 1.165) is 16.3 Å². The fraction of sp³-hybridized carbons (Fsp3) is 0.182. The summed E-state index contributed by atoms with van der Waals surface area (Å²) in [5, 5.41) is 13.3. The summed E-state index contributed by atoms with van der Waals surface area (Å²) in [5.74, 6) is 0.874. The van der Waals surface area contributed by atoms with Crippen molar-refractivity contribution in [2.75, 3.05) is 0 Å². The Kier molecular flexibility index (Phi) is 2.85. The lowest BCUT2D eigenvalue weighted by atomic mass is 10.3. The Morgan fingerprint density at radius 1 is 1.50 bits per heavy atom. The van der Waals surface area contributed by atoms with Crippen LogP contribution in [-0.4, -0.2) is 24.5 Å². The summed E-state index contributed by atoms with van der Waals surface area (Å²) in [6.45, 7) is 0.677. The summed E-state index contributed by atoms with van der Waals surface area (Å²) >= 11 is 6.92. The van der Waals surface area contributed by atoms with E-state index in [4.69, 9.17) is 12.2 Å². The molecule has 0 aromatic carbocycles. The lowest BCUT2D eigenvalue weighted by Gasteiger charge is -2.02. The van der Waals surface area contributed by atoms with Gasteiger partial charge in [0.1, 0.15) is 0 Å². The fourth-order valence-corrected chi connectivity index (χ4v) is 2.71. The minimum Gasteiger partial charge on any atom is -0.295 e. The zero-order chi connectivity index (χ0) is 12.5. The van der Waals surface area contributed by atoms with Crippen molar-refractivity contribution < 1.29 is 0 Å². The molecule has 0 atom stereocenters. The molecule has 0 saturated carbocycles. The fourth-order valence-electron chi connectivity index (χ4n) is 1.79. The highest BCUT2D eigenvalue weighted by atomic mass is 32.1. The van der Waals surface area contributed by atoms with Gasteiger partial charge in [0.25, 0.3) is 0 Å². The predicted molar refractivity (Wildman–Crippen MR) is 73.0 cm³/mol. The van der Waals surface area contributed by atoms with Gasteiger partial charge < -0.3 is 0 Å². The van der Waals surface area contributed by atoms with E-state index in [2.05, 4.69) is 15.3 Å². The van der Waals surface area contributed by atoms with E-state index in [1.54, 1.807) is 16.0 Å². The molecule has 0 spiro atoms. The largest absolute Gasteiger partial charge is 0.295 e. The molecule has 0 bridgehead atoms. The summed E-state index contributed by atoms with van der Waals surface area (Å²) in [7, 11) is 1.90. The SMILES string of the molecule is Cn1cc(Cn2c(-c3cccs3)n[nH]c2=S)cn1. The van der Waals surface area contributed by atoms with Gasteiger partial charge in [0.15, 0.2) is 10.6 Å². The van der Waals surface area contributed by atoms with Gasteiger partial charge in [-0.3, -0.25) is 14.3 Å². The van der Waals surface area contributed by atoms with Crippen molar-refractivity contribution in [3.63, 3.8) is 0 Å². The van der Waals surface area contributed by atoms with Gasteiger partial charge >= 0.3 is 0 Å². The zero-order valence-corrected chi connectivity index (χ0v) is 11.3. The van der Waals surface area contributed by atoms with E-state index in [1.165, 1.54) is 0 Å². The van der Waals surface area contributed by atoms with Crippen molar-refractivity contribution in [2.45, 2.75) is 6.54 Å². The van der Waals surface area contributed by atoms with Crippen LogP contribution < -0.4 is 0 Å². The molecule has 3 rings (SSSR count). The molecule has 3 aromatic heterocycles. The molecule has 0 fully saturated rings. The maximum atomic E-state index is 5.28. The highest BCUT2D eigenvalue weighted by Gasteiger charge is 2.10. The maximum absolute atomic E-state index is 5.28. The lowest BCUT2D eigenvalue weighted by Crippen LogP contribution is -2.01. The van der Waals surface area contributed by atoms with Crippen molar-refractivity contribution in [3.8, 4) is 10.7 Å². The molecule has 7 heteroatoms. The molecule has 0 amide bonds. The van der Waals surface area contributed by atoms with Crippen molar-refractivity contribution >= 4 is 23.6 Å². The van der Waals surface area contributed by atoms with Gasteiger partial charge in [-0.1, -0.05) is 6.07 Å². The summed E-state index contributed by atoms with van der Waals surface area (Å²) in [4.78, 5) is 1.10. The predicted octanol–water partition coefficient (Wildman–Crippen LogP) is 2.45. The molecule has 0 unspecified atom stereocenters. The zero-order valence-electron chi connectivity index (χ0n) is 9.70. The highest BCUT2D eigenvalue weighted by molar-refractivity contribution is 7.71. The molecular weight excluding hydrogens is 266 g/mol. The molecule has 3 heterocycles. The number of hydrogen-bond acceptors (Lipinski definition) is 4. The molecule has 18 heavy (non-hydrogen) atoms. The topological polar surface area (TPSA) is 51.4 Å². The monoisotopic (exact) mass is 277 g/mol. The number of thiophene rings is 1. The van der Waals surface area contributed by atoms with Gasteiger partial charge in [-0.2, -0.15) is 10.2 Å². The molecule has 0 aliphatic carbocycles. The number of rotatable bonds is 3. The molecule has 1 N–H and O–H groups in total. The molecule has 5 nitrogen and oxygen atoms in total. The van der Waals surface area contributed by atoms with Crippen molar-refractivity contribution in [1.29, 1.82) is 0 Å². The van der Waals surface area contributed by atoms with Crippen LogP contribution in [0.25, 0.3) is 10.7 Å². The van der Waals surface area contributed by atoms with E-state index < -0.39 is 0 Å². The van der Waals surface area contributed by atoms with E-state index in [1.807, 2.05) is 41.5 Å². The van der Waals surface area contributed by atoms with Gasteiger partial charge in [-0.15, -0.1) is 11.3 Å². The van der Waals surface area contributed by atoms with Crippen LogP contribution in [0.4, 0.5) is 0 Å². The Morgan fingerprint density at radius 3 is 3.06 bits per heavy atom. The number of aromatic nitrogens is 5. The number of H-pyrrole nitrogens is 1. The quantitative estimate of drug-likeness (QED) is 0.748. The van der Waals surface area contributed by atoms with Gasteiger partial charge in [0.2, 0.25) is 0 Å². The number of hydrogen-bond donors (Lipinski definition) is 1. The van der Waals surface area contributed by atoms with Gasteiger partial charge in [0, 0.05) is 18.8 Å². The second kappa shape index (κ2) is 4.51. The van der Waals surface area contributed by atoms with Crippen LogP contribution in [0.1, 0.15) is 5.56 Å². The van der Waals surface area contributed by atoms with Crippen molar-refractivity contribution in [1.82, 2.24) is 24.5 Å². The van der Waals surface area contributed by atoms with Crippen LogP contribution in [0.2, 0.25) is 0 Å². The summed E-state index contributed by atoms with van der Waals surface area (Å²) < 4.78 is 4.39. The summed E-state index contributed by atoms with van der Waals surface area (Å²) in [5.41, 5.74) is 1.10. The lowest BCUT2D eigenvalue weighted by molar-refractivity contribution is 0.761. The Bertz CT molecular complexity index is 704. The molecule has 0 saturated heterocycles. The van der Waals surface area contributed by atoms with Gasteiger partial charge in [0.05, 0.1) is 17.6 Å². The number of aryl methyl sites for hydroxylation is 1. The average Bonchev–Trinajstić information content (AvgIpc) is 3.03. The standard InChI is InChI=1S/C11H11N5S2/c1-15-6-8(5-12-15)7-16-10(13-14-11(16)17)9-3-2-4-18-9/h2-6H,7H2,1H3,(H,14,17). The third-order valence-electron chi connectivity index (χ3n) is 2.60. The van der Waals surface area contributed by atoms with Crippen LogP contribution in [-0.2, 0) is 13.6 Å². The van der Waals surface area contributed by atoms with Gasteiger partial charge in [-0.05, 0) is 23.7 Å². The minimum absolute atomic E-state index is 0.627. The van der Waals surface area contributed by atoms with Gasteiger partial charge in [-0.25, -0.2) is 0 Å². The van der Waals surface area contributed by atoms with E-state index >= 15 is 0 Å². The molecule has 0 radical (unpaired) electrons. The number of nitrogens with zero attached hydrogens (tertiary/aromatic N) is 4. The van der Waals surface area contributed by atoms with E-state index in [9.17, 15) is 0 Å². The Morgan fingerprint density at radius 2 is 2.39 bits per heavy atom. The second-order valence-corrected chi connectivity index (χ2v) is 5.27. The Labute approximate surface area is 113 Å². The Hall–Kier alpha value is -1.73. The highest BCUT2D eigenvalue weighted by Crippen LogP contribution is 2.23. The Balaban J connectivity index is 2.01. The van der Waals surface area contributed by atoms with Crippen LogP contribution in [0.3, 0.4) is 0 Å². The van der Waals surface area contributed by atoms with Crippen LogP contribution >= 0.6 is 23.6 Å². The van der Waals surface area contributed by atoms with E-state index in [0.29, 0.717) is 11.3 Å². The first kappa shape index (κ1) is 11.4. The third-order valence-corrected chi connectivity index (χ3v) is 3.78. The van der Waals surface area contributed by atoms with Crippen LogP contribution in [0.5, 0.6) is 0 Å². The third kappa shape index (κ3) is 2.02. The van der Waals surface area contributed by atoms with Crippen molar-refractivity contribution in [3.05, 3.63) is 40.2 Å². The molecular formula is C11H11N5S2. The van der Waals surface area contributed by atoms with Crippen molar-refractivity contribution in [2.24, 2.45) is 7.05 Å². The summed E-state index contributed by atoms with van der Waals surface area (Å²) in [6, 6.07) is 4.04. The smallest absolute Gasteiger partial charge is 0.195 e. The second-order valence-electron chi connectivity index (χ2n) is 3.94. The average molecular weight is 277 g/mol. The van der Waals surface area contributed by atoms with E-state index in [-0.39, 0.29) is 0 Å². The summed E-state index contributed by atoms with van der Waals surface area (Å²) in [6.07, 6.45) is 3.82. The van der Waals surface area contributed by atoms with Crippen LogP contribution in [0, 0.1) is 4.77 Å². The molecule has 92 valence electrons. The van der Waals surface area contributed by atoms with Crippen LogP contribution in [0.15, 0.2) is 29.9 Å². The normalized spacial score (nSPS) is 10.9. The maximum Gasteiger partial charge on any atom is 0.195 e.